The summed E-state index contributed by atoms with van der Waals surface area (Å²) in [5, 5.41) is 27.0. The molecule has 39 heavy (non-hydrogen) atoms. The number of hydrogen-bond acceptors (Lipinski definition) is 9. The van der Waals surface area contributed by atoms with Gasteiger partial charge in [-0.05, 0) is 32.1 Å². The minimum atomic E-state index is -1.09. The summed E-state index contributed by atoms with van der Waals surface area (Å²) in [6.07, 6.45) is 3.87. The number of aliphatic hydroxyl groups is 2. The summed E-state index contributed by atoms with van der Waals surface area (Å²) < 4.78 is 49.4. The first-order valence-corrected chi connectivity index (χ1v) is 12.9. The van der Waals surface area contributed by atoms with Gasteiger partial charge in [-0.1, -0.05) is 0 Å². The first-order chi connectivity index (χ1) is 18.8. The van der Waals surface area contributed by atoms with Gasteiger partial charge in [0, 0.05) is 37.2 Å². The van der Waals surface area contributed by atoms with Crippen LogP contribution >= 0.6 is 0 Å². The van der Waals surface area contributed by atoms with E-state index in [9.17, 15) is 23.1 Å². The molecule has 1 aliphatic heterocycles. The van der Waals surface area contributed by atoms with Crippen LogP contribution in [0.4, 0.5) is 30.8 Å². The summed E-state index contributed by atoms with van der Waals surface area (Å²) in [7, 11) is 0. The molecule has 5 N–H and O–H groups in total. The van der Waals surface area contributed by atoms with Crippen LogP contribution in [0.2, 0.25) is 0 Å². The van der Waals surface area contributed by atoms with Crippen LogP contribution in [0.15, 0.2) is 18.3 Å². The molecule has 210 valence electrons. The number of nitrogens with one attached hydrogen (secondary N) is 3. The lowest BCUT2D eigenvalue weighted by atomic mass is 9.85. The zero-order chi connectivity index (χ0) is 27.5. The SMILES string of the molecule is O=C(NC[C@@H](O)CO)C1CCC(Nc2ncc3nc(Nc4c(F)cc(F)cc4F)n([C@H]4CCOC4)c3n2)CC1. The molecule has 0 radical (unpaired) electrons. The van der Waals surface area contributed by atoms with E-state index in [0.717, 1.165) is 0 Å². The number of anilines is 3. The summed E-state index contributed by atoms with van der Waals surface area (Å²) in [6, 6.07) is 1.02. The number of hydrogen-bond donors (Lipinski definition) is 5. The standard InChI is InChI=1S/C25H30F3N7O4/c26-14-7-18(27)21(19(28)8-14)33-25-32-20-10-30-24(34-22(20)35(25)16-5-6-39-12-16)31-15-3-1-13(2-4-15)23(38)29-9-17(37)11-36/h7-8,10,13,15-17,36-37H,1-6,9,11-12H2,(H,29,38)(H,32,33)(H,30,31,34)/t13?,15?,16-,17+/m0/s1. The number of ether oxygens (including phenoxy) is 1. The van der Waals surface area contributed by atoms with Crippen LogP contribution in [0.5, 0.6) is 0 Å². The van der Waals surface area contributed by atoms with E-state index in [-0.39, 0.29) is 36.4 Å². The maximum absolute atomic E-state index is 14.4. The van der Waals surface area contributed by atoms with Crippen molar-refractivity contribution in [3.63, 3.8) is 0 Å². The molecule has 2 aliphatic rings. The smallest absolute Gasteiger partial charge is 0.224 e. The second-order valence-electron chi connectivity index (χ2n) is 9.87. The number of carbonyl (C=O) groups excluding carboxylic acids is 1. The van der Waals surface area contributed by atoms with Gasteiger partial charge in [0.2, 0.25) is 17.8 Å². The Morgan fingerprint density at radius 1 is 1.13 bits per heavy atom. The summed E-state index contributed by atoms with van der Waals surface area (Å²) >= 11 is 0. The number of aliphatic hydroxyl groups excluding tert-OH is 2. The Hall–Kier alpha value is -3.49. The van der Waals surface area contributed by atoms with Gasteiger partial charge >= 0.3 is 0 Å². The fourth-order valence-corrected chi connectivity index (χ4v) is 5.00. The van der Waals surface area contributed by atoms with Gasteiger partial charge in [0.25, 0.3) is 0 Å². The molecule has 3 heterocycles. The van der Waals surface area contributed by atoms with Gasteiger partial charge < -0.3 is 30.9 Å². The predicted molar refractivity (Wildman–Crippen MR) is 135 cm³/mol. The Bertz CT molecular complexity index is 1300. The van der Waals surface area contributed by atoms with Gasteiger partial charge in [-0.15, -0.1) is 0 Å². The Labute approximate surface area is 221 Å². The molecule has 1 aromatic carbocycles. The molecule has 3 aromatic rings. The minimum Gasteiger partial charge on any atom is -0.394 e. The van der Waals surface area contributed by atoms with Crippen molar-refractivity contribution in [3.8, 4) is 0 Å². The summed E-state index contributed by atoms with van der Waals surface area (Å²) in [4.78, 5) is 25.8. The van der Waals surface area contributed by atoms with Crippen LogP contribution in [0, 0.1) is 23.4 Å². The summed E-state index contributed by atoms with van der Waals surface area (Å²) in [5.41, 5.74) is 0.331. The molecule has 2 atom stereocenters. The molecule has 5 rings (SSSR count). The van der Waals surface area contributed by atoms with Crippen molar-refractivity contribution < 1.29 is 32.9 Å². The van der Waals surface area contributed by atoms with E-state index in [2.05, 4.69) is 30.9 Å². The van der Waals surface area contributed by atoms with Gasteiger partial charge in [0.05, 0.1) is 31.6 Å². The molecule has 0 bridgehead atoms. The Balaban J connectivity index is 1.32. The van der Waals surface area contributed by atoms with Gasteiger partial charge in [0.15, 0.2) is 17.3 Å². The zero-order valence-corrected chi connectivity index (χ0v) is 21.0. The largest absolute Gasteiger partial charge is 0.394 e. The third-order valence-corrected chi connectivity index (χ3v) is 7.10. The Morgan fingerprint density at radius 3 is 2.54 bits per heavy atom. The molecule has 0 unspecified atom stereocenters. The van der Waals surface area contributed by atoms with Crippen molar-refractivity contribution in [2.75, 3.05) is 37.0 Å². The lowest BCUT2D eigenvalue weighted by molar-refractivity contribution is -0.126. The second kappa shape index (κ2) is 11.7. The maximum atomic E-state index is 14.4. The van der Waals surface area contributed by atoms with E-state index in [1.807, 2.05) is 0 Å². The number of fused-ring (bicyclic) bond motifs is 1. The molecule has 14 heteroatoms. The number of benzene rings is 1. The maximum Gasteiger partial charge on any atom is 0.224 e. The first-order valence-electron chi connectivity index (χ1n) is 12.9. The van der Waals surface area contributed by atoms with Crippen LogP contribution < -0.4 is 16.0 Å². The van der Waals surface area contributed by atoms with E-state index in [1.54, 1.807) is 4.57 Å². The summed E-state index contributed by atoms with van der Waals surface area (Å²) in [5.74, 6) is -3.03. The molecule has 1 aliphatic carbocycles. The number of rotatable bonds is 9. The highest BCUT2D eigenvalue weighted by Gasteiger charge is 2.29. The Kier molecular flexibility index (Phi) is 8.14. The zero-order valence-electron chi connectivity index (χ0n) is 21.0. The quantitative estimate of drug-likeness (QED) is 0.272. The van der Waals surface area contributed by atoms with Gasteiger partial charge in [-0.3, -0.25) is 9.36 Å². The van der Waals surface area contributed by atoms with E-state index < -0.39 is 35.8 Å². The van der Waals surface area contributed by atoms with Crippen LogP contribution in [-0.4, -0.2) is 74.2 Å². The molecule has 2 aromatic heterocycles. The lowest BCUT2D eigenvalue weighted by Gasteiger charge is -2.28. The highest BCUT2D eigenvalue weighted by atomic mass is 19.1. The fourth-order valence-electron chi connectivity index (χ4n) is 5.00. The van der Waals surface area contributed by atoms with Crippen molar-refractivity contribution in [2.45, 2.75) is 50.3 Å². The molecule has 0 spiro atoms. The number of nitrogens with zero attached hydrogens (tertiary/aromatic N) is 4. The van der Waals surface area contributed by atoms with E-state index >= 15 is 0 Å². The third-order valence-electron chi connectivity index (χ3n) is 7.10. The van der Waals surface area contributed by atoms with Crippen molar-refractivity contribution in [2.24, 2.45) is 5.92 Å². The van der Waals surface area contributed by atoms with Crippen LogP contribution in [0.1, 0.15) is 38.1 Å². The number of halogens is 3. The topological polar surface area (TPSA) is 146 Å². The van der Waals surface area contributed by atoms with Crippen LogP contribution in [0.25, 0.3) is 11.2 Å². The molecule has 1 amide bonds. The summed E-state index contributed by atoms with van der Waals surface area (Å²) in [6.45, 7) is 0.474. The van der Waals surface area contributed by atoms with E-state index in [4.69, 9.17) is 9.84 Å². The van der Waals surface area contributed by atoms with Crippen molar-refractivity contribution >= 4 is 34.7 Å². The van der Waals surface area contributed by atoms with Gasteiger partial charge in [-0.25, -0.2) is 23.1 Å². The van der Waals surface area contributed by atoms with Crippen molar-refractivity contribution in [3.05, 3.63) is 35.8 Å². The molecule has 2 fully saturated rings. The second-order valence-corrected chi connectivity index (χ2v) is 9.87. The lowest BCUT2D eigenvalue weighted by Crippen LogP contribution is -2.40. The third kappa shape index (κ3) is 6.07. The fraction of sp³-hybridized carbons (Fsp3) is 0.520. The molecule has 1 saturated heterocycles. The van der Waals surface area contributed by atoms with Crippen molar-refractivity contribution in [1.82, 2.24) is 24.8 Å². The van der Waals surface area contributed by atoms with Gasteiger partial charge in [-0.2, -0.15) is 4.98 Å². The van der Waals surface area contributed by atoms with Crippen LogP contribution in [0.3, 0.4) is 0 Å². The van der Waals surface area contributed by atoms with E-state index in [1.165, 1.54) is 6.20 Å². The number of imidazole rings is 1. The number of amides is 1. The van der Waals surface area contributed by atoms with Crippen LogP contribution in [-0.2, 0) is 9.53 Å². The van der Waals surface area contributed by atoms with Gasteiger partial charge in [0.1, 0.15) is 17.0 Å². The molecular weight excluding hydrogens is 519 g/mol. The Morgan fingerprint density at radius 2 is 1.87 bits per heavy atom. The average Bonchev–Trinajstić information content (AvgIpc) is 3.57. The normalized spacial score (nSPS) is 22.1. The first kappa shape index (κ1) is 27.1. The number of carbonyl (C=O) groups is 1. The predicted octanol–water partition coefficient (Wildman–Crippen LogP) is 2.39. The molecule has 11 nitrogen and oxygen atoms in total. The molecule has 1 saturated carbocycles. The molecular formula is C25H30F3N7O4. The minimum absolute atomic E-state index is 0.0123. The highest BCUT2D eigenvalue weighted by molar-refractivity contribution is 5.79. The number of aromatic nitrogens is 4. The van der Waals surface area contributed by atoms with Crippen molar-refractivity contribution in [1.29, 1.82) is 0 Å². The average molecular weight is 550 g/mol. The van der Waals surface area contributed by atoms with E-state index in [0.29, 0.717) is 74.6 Å². The highest BCUT2D eigenvalue weighted by Crippen LogP contribution is 2.32. The monoisotopic (exact) mass is 549 g/mol.